The number of terminal acetylenes is 1. The van der Waals surface area contributed by atoms with Gasteiger partial charge in [-0.15, -0.1) is 6.42 Å². The van der Waals surface area contributed by atoms with E-state index < -0.39 is 0 Å². The summed E-state index contributed by atoms with van der Waals surface area (Å²) in [6, 6.07) is 2.09. The number of rotatable bonds is 4. The summed E-state index contributed by atoms with van der Waals surface area (Å²) in [6.07, 6.45) is 9.24. The van der Waals surface area contributed by atoms with E-state index in [9.17, 15) is 0 Å². The van der Waals surface area contributed by atoms with Gasteiger partial charge >= 0.3 is 0 Å². The Hall–Kier alpha value is -1.01. The second kappa shape index (κ2) is 5.77. The zero-order chi connectivity index (χ0) is 11.3. The van der Waals surface area contributed by atoms with E-state index in [1.165, 1.54) is 0 Å². The van der Waals surface area contributed by atoms with Gasteiger partial charge in [-0.2, -0.15) is 0 Å². The van der Waals surface area contributed by atoms with E-state index in [-0.39, 0.29) is 6.04 Å². The second-order valence-electron chi connectivity index (χ2n) is 3.47. The molecule has 0 bridgehead atoms. The molecule has 15 heavy (non-hydrogen) atoms. The molecule has 0 aromatic carbocycles. The van der Waals surface area contributed by atoms with Gasteiger partial charge in [-0.05, 0) is 40.9 Å². The maximum Gasteiger partial charge on any atom is 0.129 e. The Morgan fingerprint density at radius 3 is 2.93 bits per heavy atom. The Morgan fingerprint density at radius 2 is 2.40 bits per heavy atom. The van der Waals surface area contributed by atoms with E-state index in [0.29, 0.717) is 0 Å². The maximum absolute atomic E-state index is 5.44. The lowest BCUT2D eigenvalue weighted by molar-refractivity contribution is 0.751. The minimum Gasteiger partial charge on any atom is -0.356 e. The average molecular weight is 267 g/mol. The number of hydrogen-bond acceptors (Lipinski definition) is 2. The molecule has 0 fully saturated rings. The first-order valence-corrected chi connectivity index (χ1v) is 5.81. The Kier molecular flexibility index (Phi) is 4.64. The molecule has 0 amide bonds. The monoisotopic (exact) mass is 266 g/mol. The highest BCUT2D eigenvalue weighted by Crippen LogP contribution is 2.18. The van der Waals surface area contributed by atoms with Crippen LogP contribution in [-0.4, -0.2) is 11.0 Å². The molecular weight excluding hydrogens is 252 g/mol. The Balaban J connectivity index is 2.76. The van der Waals surface area contributed by atoms with Gasteiger partial charge in [-0.25, -0.2) is 4.98 Å². The number of halogens is 1. The normalized spacial score (nSPS) is 11.9. The second-order valence-corrected chi connectivity index (χ2v) is 4.39. The van der Waals surface area contributed by atoms with Crippen molar-refractivity contribution in [1.82, 2.24) is 4.98 Å². The molecule has 0 aliphatic carbocycles. The van der Waals surface area contributed by atoms with Crippen molar-refractivity contribution in [3.8, 4) is 12.3 Å². The minimum atomic E-state index is 0.0716. The van der Waals surface area contributed by atoms with Crippen LogP contribution in [0.4, 0.5) is 5.82 Å². The third kappa shape index (κ3) is 3.56. The molecule has 0 saturated carbocycles. The van der Waals surface area contributed by atoms with Gasteiger partial charge in [-0.1, -0.05) is 19.3 Å². The van der Waals surface area contributed by atoms with Crippen LogP contribution in [0.25, 0.3) is 0 Å². The highest BCUT2D eigenvalue weighted by molar-refractivity contribution is 9.10. The molecule has 1 aromatic rings. The number of nitrogens with one attached hydrogen (secondary N) is 1. The van der Waals surface area contributed by atoms with Crippen LogP contribution in [0.5, 0.6) is 0 Å². The van der Waals surface area contributed by atoms with Gasteiger partial charge in [0, 0.05) is 10.7 Å². The summed E-state index contributed by atoms with van der Waals surface area (Å²) in [5, 5.41) is 3.26. The van der Waals surface area contributed by atoms with E-state index in [1.807, 2.05) is 13.0 Å². The van der Waals surface area contributed by atoms with Crippen LogP contribution in [-0.2, 0) is 0 Å². The van der Waals surface area contributed by atoms with Gasteiger partial charge < -0.3 is 5.32 Å². The highest BCUT2D eigenvalue weighted by atomic mass is 79.9. The summed E-state index contributed by atoms with van der Waals surface area (Å²) in [4.78, 5) is 4.29. The molecule has 1 atom stereocenters. The molecule has 0 spiro atoms. The number of pyridine rings is 1. The van der Waals surface area contributed by atoms with Crippen molar-refractivity contribution in [2.45, 2.75) is 32.7 Å². The predicted molar refractivity (Wildman–Crippen MR) is 67.8 cm³/mol. The summed E-state index contributed by atoms with van der Waals surface area (Å²) >= 11 is 3.38. The van der Waals surface area contributed by atoms with Crippen LogP contribution < -0.4 is 5.32 Å². The third-order valence-corrected chi connectivity index (χ3v) is 2.57. The molecule has 0 aliphatic heterocycles. The fraction of sp³-hybridized carbons (Fsp3) is 0.417. The Labute approximate surface area is 99.6 Å². The fourth-order valence-electron chi connectivity index (χ4n) is 1.34. The van der Waals surface area contributed by atoms with E-state index in [0.717, 1.165) is 28.7 Å². The molecule has 0 radical (unpaired) electrons. The van der Waals surface area contributed by atoms with Crippen molar-refractivity contribution < 1.29 is 0 Å². The van der Waals surface area contributed by atoms with Crippen molar-refractivity contribution >= 4 is 21.7 Å². The van der Waals surface area contributed by atoms with Crippen molar-refractivity contribution in [3.05, 3.63) is 22.3 Å². The van der Waals surface area contributed by atoms with E-state index in [1.54, 1.807) is 6.20 Å². The molecule has 1 rings (SSSR count). The lowest BCUT2D eigenvalue weighted by Crippen LogP contribution is -2.18. The van der Waals surface area contributed by atoms with Crippen LogP contribution in [0.15, 0.2) is 16.7 Å². The van der Waals surface area contributed by atoms with Gasteiger partial charge in [0.1, 0.15) is 5.82 Å². The van der Waals surface area contributed by atoms with Crippen LogP contribution in [0, 0.1) is 19.3 Å². The summed E-state index contributed by atoms with van der Waals surface area (Å²) in [5.74, 6) is 3.60. The smallest absolute Gasteiger partial charge is 0.129 e. The quantitative estimate of drug-likeness (QED) is 0.846. The van der Waals surface area contributed by atoms with Crippen molar-refractivity contribution in [2.75, 3.05) is 5.32 Å². The first-order valence-electron chi connectivity index (χ1n) is 5.02. The van der Waals surface area contributed by atoms with E-state index >= 15 is 0 Å². The van der Waals surface area contributed by atoms with Gasteiger partial charge in [0.05, 0.1) is 6.04 Å². The lowest BCUT2D eigenvalue weighted by Gasteiger charge is -2.14. The van der Waals surface area contributed by atoms with E-state index in [4.69, 9.17) is 6.42 Å². The summed E-state index contributed by atoms with van der Waals surface area (Å²) in [5.41, 5.74) is 1.10. The predicted octanol–water partition coefficient (Wildman–Crippen LogP) is 3.37. The molecule has 80 valence electrons. The van der Waals surface area contributed by atoms with Gasteiger partial charge in [0.15, 0.2) is 0 Å². The first kappa shape index (κ1) is 12.1. The standard InChI is InChI=1S/C12H15BrN2/c1-4-6-11(5-2)15-12-9(3)7-10(13)8-14-12/h2,7-8,11H,4,6H2,1,3H3,(H,14,15). The number of nitrogens with zero attached hydrogens (tertiary/aromatic N) is 1. The lowest BCUT2D eigenvalue weighted by atomic mass is 10.1. The van der Waals surface area contributed by atoms with E-state index in [2.05, 4.69) is 39.1 Å². The molecular formula is C12H15BrN2. The molecule has 1 heterocycles. The molecule has 1 aromatic heterocycles. The highest BCUT2D eigenvalue weighted by Gasteiger charge is 2.06. The largest absolute Gasteiger partial charge is 0.356 e. The molecule has 2 nitrogen and oxygen atoms in total. The van der Waals surface area contributed by atoms with Crippen LogP contribution in [0.1, 0.15) is 25.3 Å². The van der Waals surface area contributed by atoms with Crippen LogP contribution in [0.3, 0.4) is 0 Å². The molecule has 1 N–H and O–H groups in total. The fourth-order valence-corrected chi connectivity index (χ4v) is 1.79. The summed E-state index contributed by atoms with van der Waals surface area (Å²) in [7, 11) is 0. The summed E-state index contributed by atoms with van der Waals surface area (Å²) in [6.45, 7) is 4.13. The third-order valence-electron chi connectivity index (χ3n) is 2.13. The van der Waals surface area contributed by atoms with Crippen LogP contribution in [0.2, 0.25) is 0 Å². The molecule has 1 unspecified atom stereocenters. The zero-order valence-electron chi connectivity index (χ0n) is 9.05. The first-order chi connectivity index (χ1) is 7.17. The maximum atomic E-state index is 5.44. The molecule has 0 aliphatic rings. The zero-order valence-corrected chi connectivity index (χ0v) is 10.6. The number of hydrogen-bond donors (Lipinski definition) is 1. The van der Waals surface area contributed by atoms with Crippen molar-refractivity contribution in [3.63, 3.8) is 0 Å². The Bertz CT molecular complexity index is 368. The van der Waals surface area contributed by atoms with Gasteiger partial charge in [0.25, 0.3) is 0 Å². The molecule has 3 heteroatoms. The van der Waals surface area contributed by atoms with Crippen LogP contribution >= 0.6 is 15.9 Å². The average Bonchev–Trinajstić information content (AvgIpc) is 2.21. The molecule has 0 saturated heterocycles. The number of anilines is 1. The Morgan fingerprint density at radius 1 is 1.67 bits per heavy atom. The van der Waals surface area contributed by atoms with Gasteiger partial charge in [-0.3, -0.25) is 0 Å². The van der Waals surface area contributed by atoms with Crippen molar-refractivity contribution in [2.24, 2.45) is 0 Å². The SMILES string of the molecule is C#CC(CCC)Nc1ncc(Br)cc1C. The van der Waals surface area contributed by atoms with Gasteiger partial charge in [0.2, 0.25) is 0 Å². The van der Waals surface area contributed by atoms with Crippen molar-refractivity contribution in [1.29, 1.82) is 0 Å². The summed E-state index contributed by atoms with van der Waals surface area (Å²) < 4.78 is 0.985. The minimum absolute atomic E-state index is 0.0716. The number of aromatic nitrogens is 1. The number of aryl methyl sites for hydroxylation is 1. The topological polar surface area (TPSA) is 24.9 Å².